The first-order valence-electron chi connectivity index (χ1n) is 7.30. The number of allylic oxidation sites excluding steroid dienone is 1. The molecule has 1 N–H and O–H groups in total. The Morgan fingerprint density at radius 3 is 2.71 bits per heavy atom. The van der Waals surface area contributed by atoms with Crippen molar-refractivity contribution in [1.82, 2.24) is 10.2 Å². The average Bonchev–Trinajstić information content (AvgIpc) is 2.52. The van der Waals surface area contributed by atoms with Gasteiger partial charge in [0.15, 0.2) is 5.96 Å². The molecule has 0 saturated carbocycles. The van der Waals surface area contributed by atoms with Gasteiger partial charge in [-0.2, -0.15) is 5.26 Å². The summed E-state index contributed by atoms with van der Waals surface area (Å²) in [7, 11) is 2.05. The van der Waals surface area contributed by atoms with Crippen molar-refractivity contribution in [2.24, 2.45) is 4.99 Å². The third-order valence-electron chi connectivity index (χ3n) is 3.09. The normalized spacial score (nSPS) is 10.8. The van der Waals surface area contributed by atoms with Gasteiger partial charge in [-0.25, -0.2) is 4.99 Å². The van der Waals surface area contributed by atoms with Crippen LogP contribution in [0, 0.1) is 11.3 Å². The smallest absolute Gasteiger partial charge is 0.193 e. The highest BCUT2D eigenvalue weighted by Gasteiger charge is 2.04. The number of unbranched alkanes of at least 4 members (excludes halogenated alkanes) is 1. The maximum absolute atomic E-state index is 8.79. The lowest BCUT2D eigenvalue weighted by Crippen LogP contribution is -2.39. The van der Waals surface area contributed by atoms with E-state index in [9.17, 15) is 0 Å². The minimum Gasteiger partial charge on any atom is -0.357 e. The van der Waals surface area contributed by atoms with Gasteiger partial charge in [0.2, 0.25) is 0 Å². The molecule has 0 bridgehead atoms. The van der Waals surface area contributed by atoms with Gasteiger partial charge in [0, 0.05) is 20.1 Å². The van der Waals surface area contributed by atoms with Gasteiger partial charge in [0.05, 0.1) is 18.2 Å². The largest absolute Gasteiger partial charge is 0.357 e. The zero-order valence-corrected chi connectivity index (χ0v) is 13.0. The molecule has 0 heterocycles. The Labute approximate surface area is 127 Å². The Kier molecular flexibility index (Phi) is 7.67. The van der Waals surface area contributed by atoms with Gasteiger partial charge in [-0.3, -0.25) is 0 Å². The van der Waals surface area contributed by atoms with Crippen LogP contribution in [-0.4, -0.2) is 31.0 Å². The summed E-state index contributed by atoms with van der Waals surface area (Å²) in [4.78, 5) is 6.78. The van der Waals surface area contributed by atoms with Crippen molar-refractivity contribution < 1.29 is 0 Å². The Morgan fingerprint density at radius 2 is 2.14 bits per heavy atom. The summed E-state index contributed by atoms with van der Waals surface area (Å²) in [5.74, 6) is 0.908. The summed E-state index contributed by atoms with van der Waals surface area (Å²) < 4.78 is 0. The first-order valence-corrected chi connectivity index (χ1v) is 7.30. The molecular weight excluding hydrogens is 260 g/mol. The first kappa shape index (κ1) is 16.8. The standard InChI is InChI=1S/C17H24N4/c1-4-6-7-12-21(3)17(19-5-2)20-14-16-10-8-15(13-18)9-11-16/h4,8-11H,1,5-7,12,14H2,2-3H3,(H,19,20). The highest BCUT2D eigenvalue weighted by Crippen LogP contribution is 2.05. The van der Waals surface area contributed by atoms with Gasteiger partial charge in [0.25, 0.3) is 0 Å². The fourth-order valence-corrected chi connectivity index (χ4v) is 1.90. The molecule has 1 aromatic carbocycles. The maximum Gasteiger partial charge on any atom is 0.193 e. The molecule has 0 saturated heterocycles. The van der Waals surface area contributed by atoms with Gasteiger partial charge in [-0.15, -0.1) is 6.58 Å². The number of hydrogen-bond donors (Lipinski definition) is 1. The number of guanidine groups is 1. The second kappa shape index (κ2) is 9.60. The molecule has 112 valence electrons. The van der Waals surface area contributed by atoms with Gasteiger partial charge < -0.3 is 10.2 Å². The predicted molar refractivity (Wildman–Crippen MR) is 88.0 cm³/mol. The number of rotatable bonds is 7. The van der Waals surface area contributed by atoms with Gasteiger partial charge in [-0.05, 0) is 37.5 Å². The van der Waals surface area contributed by atoms with Gasteiger partial charge >= 0.3 is 0 Å². The zero-order chi connectivity index (χ0) is 15.5. The fraction of sp³-hybridized carbons (Fsp3) is 0.412. The Hall–Kier alpha value is -2.28. The van der Waals surface area contributed by atoms with E-state index in [4.69, 9.17) is 5.26 Å². The quantitative estimate of drug-likeness (QED) is 0.362. The van der Waals surface area contributed by atoms with Crippen molar-refractivity contribution in [3.63, 3.8) is 0 Å². The average molecular weight is 284 g/mol. The van der Waals surface area contributed by atoms with Crippen molar-refractivity contribution in [3.8, 4) is 6.07 Å². The van der Waals surface area contributed by atoms with Crippen LogP contribution in [-0.2, 0) is 6.54 Å². The van der Waals surface area contributed by atoms with E-state index in [1.807, 2.05) is 37.4 Å². The number of nitrogens with one attached hydrogen (secondary N) is 1. The Morgan fingerprint density at radius 1 is 1.43 bits per heavy atom. The number of hydrogen-bond acceptors (Lipinski definition) is 2. The lowest BCUT2D eigenvalue weighted by atomic mass is 10.1. The molecule has 1 aromatic rings. The van der Waals surface area contributed by atoms with Gasteiger partial charge in [0.1, 0.15) is 0 Å². The molecule has 0 aliphatic carbocycles. The summed E-state index contributed by atoms with van der Waals surface area (Å²) >= 11 is 0. The van der Waals surface area contributed by atoms with Crippen LogP contribution in [0.5, 0.6) is 0 Å². The second-order valence-corrected chi connectivity index (χ2v) is 4.83. The molecule has 0 aliphatic heterocycles. The second-order valence-electron chi connectivity index (χ2n) is 4.83. The molecule has 0 radical (unpaired) electrons. The Bertz CT molecular complexity index is 497. The van der Waals surface area contributed by atoms with E-state index in [1.165, 1.54) is 0 Å². The van der Waals surface area contributed by atoms with Crippen molar-refractivity contribution >= 4 is 5.96 Å². The summed E-state index contributed by atoms with van der Waals surface area (Å²) in [5, 5.41) is 12.1. The van der Waals surface area contributed by atoms with Crippen molar-refractivity contribution in [2.45, 2.75) is 26.3 Å². The number of nitriles is 1. The molecule has 0 aliphatic rings. The van der Waals surface area contributed by atoms with Crippen molar-refractivity contribution in [3.05, 3.63) is 48.0 Å². The lowest BCUT2D eigenvalue weighted by Gasteiger charge is -2.21. The van der Waals surface area contributed by atoms with Crippen LogP contribution in [0.15, 0.2) is 41.9 Å². The van der Waals surface area contributed by atoms with E-state index in [1.54, 1.807) is 0 Å². The molecule has 4 nitrogen and oxygen atoms in total. The monoisotopic (exact) mass is 284 g/mol. The van der Waals surface area contributed by atoms with Crippen LogP contribution >= 0.6 is 0 Å². The number of benzene rings is 1. The molecule has 0 atom stereocenters. The van der Waals surface area contributed by atoms with E-state index in [0.717, 1.165) is 37.5 Å². The molecular formula is C17H24N4. The number of nitrogens with zero attached hydrogens (tertiary/aromatic N) is 3. The molecule has 21 heavy (non-hydrogen) atoms. The summed E-state index contributed by atoms with van der Waals surface area (Å²) in [5.41, 5.74) is 1.78. The summed E-state index contributed by atoms with van der Waals surface area (Å²) in [6.07, 6.45) is 4.02. The molecule has 0 unspecified atom stereocenters. The van der Waals surface area contributed by atoms with Crippen molar-refractivity contribution in [1.29, 1.82) is 5.26 Å². The van der Waals surface area contributed by atoms with Crippen LogP contribution in [0.25, 0.3) is 0 Å². The first-order chi connectivity index (χ1) is 10.2. The van der Waals surface area contributed by atoms with Crippen LogP contribution in [0.2, 0.25) is 0 Å². The van der Waals surface area contributed by atoms with E-state index in [0.29, 0.717) is 12.1 Å². The SMILES string of the molecule is C=CCCCN(C)C(=NCc1ccc(C#N)cc1)NCC. The fourth-order valence-electron chi connectivity index (χ4n) is 1.90. The van der Waals surface area contributed by atoms with E-state index in [2.05, 4.69) is 34.8 Å². The molecule has 0 fully saturated rings. The molecule has 0 spiro atoms. The molecule has 0 aromatic heterocycles. The van der Waals surface area contributed by atoms with Crippen LogP contribution < -0.4 is 5.32 Å². The van der Waals surface area contributed by atoms with E-state index < -0.39 is 0 Å². The maximum atomic E-state index is 8.79. The van der Waals surface area contributed by atoms with Gasteiger partial charge in [-0.1, -0.05) is 18.2 Å². The summed E-state index contributed by atoms with van der Waals surface area (Å²) in [6.45, 7) is 8.21. The van der Waals surface area contributed by atoms with E-state index in [-0.39, 0.29) is 0 Å². The van der Waals surface area contributed by atoms with Crippen LogP contribution in [0.3, 0.4) is 0 Å². The Balaban J connectivity index is 2.65. The zero-order valence-electron chi connectivity index (χ0n) is 13.0. The molecule has 0 amide bonds. The highest BCUT2D eigenvalue weighted by molar-refractivity contribution is 5.79. The summed E-state index contributed by atoms with van der Waals surface area (Å²) in [6, 6.07) is 9.67. The predicted octanol–water partition coefficient (Wildman–Crippen LogP) is 2.92. The minimum atomic E-state index is 0.611. The molecule has 4 heteroatoms. The molecule has 1 rings (SSSR count). The number of aliphatic imine (C=N–C) groups is 1. The lowest BCUT2D eigenvalue weighted by molar-refractivity contribution is 0.470. The highest BCUT2D eigenvalue weighted by atomic mass is 15.3. The topological polar surface area (TPSA) is 51.4 Å². The van der Waals surface area contributed by atoms with Crippen LogP contribution in [0.4, 0.5) is 0 Å². The minimum absolute atomic E-state index is 0.611. The van der Waals surface area contributed by atoms with Crippen LogP contribution in [0.1, 0.15) is 30.9 Å². The van der Waals surface area contributed by atoms with Crippen molar-refractivity contribution in [2.75, 3.05) is 20.1 Å². The third-order valence-corrected chi connectivity index (χ3v) is 3.09. The third kappa shape index (κ3) is 6.13. The van der Waals surface area contributed by atoms with E-state index >= 15 is 0 Å².